The van der Waals surface area contributed by atoms with Crippen LogP contribution in [0.25, 0.3) is 22.3 Å². The molecule has 5 heteroatoms. The first-order valence-corrected chi connectivity index (χ1v) is 5.60. The van der Waals surface area contributed by atoms with Crippen LogP contribution in [0.4, 0.5) is 0 Å². The SMILES string of the molecule is NCc1cncc(-c2cc3cccc(O)c3[nH]2)n1. The van der Waals surface area contributed by atoms with Crippen LogP contribution in [-0.4, -0.2) is 20.1 Å². The molecule has 1 aromatic carbocycles. The van der Waals surface area contributed by atoms with Crippen molar-refractivity contribution in [2.45, 2.75) is 6.54 Å². The van der Waals surface area contributed by atoms with Gasteiger partial charge in [-0.15, -0.1) is 0 Å². The van der Waals surface area contributed by atoms with Gasteiger partial charge in [0.05, 0.1) is 23.1 Å². The van der Waals surface area contributed by atoms with Crippen molar-refractivity contribution < 1.29 is 5.11 Å². The van der Waals surface area contributed by atoms with Crippen molar-refractivity contribution in [1.82, 2.24) is 15.0 Å². The second-order valence-electron chi connectivity index (χ2n) is 4.02. The van der Waals surface area contributed by atoms with Crippen LogP contribution in [0.1, 0.15) is 5.69 Å². The molecule has 0 aliphatic carbocycles. The molecule has 0 unspecified atom stereocenters. The van der Waals surface area contributed by atoms with E-state index in [1.54, 1.807) is 24.5 Å². The fraction of sp³-hybridized carbons (Fsp3) is 0.0769. The number of hydrogen-bond donors (Lipinski definition) is 3. The molecule has 0 aliphatic heterocycles. The lowest BCUT2D eigenvalue weighted by atomic mass is 10.2. The zero-order valence-corrected chi connectivity index (χ0v) is 9.59. The van der Waals surface area contributed by atoms with Gasteiger partial charge in [-0.2, -0.15) is 0 Å². The van der Waals surface area contributed by atoms with Crippen LogP contribution in [0.15, 0.2) is 36.7 Å². The molecule has 2 aromatic heterocycles. The summed E-state index contributed by atoms with van der Waals surface area (Å²) in [6.07, 6.45) is 3.31. The van der Waals surface area contributed by atoms with Crippen LogP contribution >= 0.6 is 0 Å². The van der Waals surface area contributed by atoms with E-state index in [0.717, 1.165) is 16.8 Å². The summed E-state index contributed by atoms with van der Waals surface area (Å²) in [5.41, 5.74) is 8.51. The average Bonchev–Trinajstić information content (AvgIpc) is 2.84. The predicted octanol–water partition coefficient (Wildman–Crippen LogP) is 1.79. The number of fused-ring (bicyclic) bond motifs is 1. The van der Waals surface area contributed by atoms with Gasteiger partial charge in [0.15, 0.2) is 0 Å². The molecule has 0 aliphatic rings. The van der Waals surface area contributed by atoms with Crippen LogP contribution in [0.2, 0.25) is 0 Å². The molecule has 0 saturated carbocycles. The minimum absolute atomic E-state index is 0.224. The quantitative estimate of drug-likeness (QED) is 0.637. The standard InChI is InChI=1S/C13H12N4O/c14-5-9-6-15-7-11(16-9)10-4-8-2-1-3-12(18)13(8)17-10/h1-4,6-7,17-18H,5,14H2. The zero-order valence-electron chi connectivity index (χ0n) is 9.59. The second kappa shape index (κ2) is 4.12. The Balaban J connectivity index is 2.16. The monoisotopic (exact) mass is 240 g/mol. The molecular formula is C13H12N4O. The Morgan fingerprint density at radius 3 is 2.94 bits per heavy atom. The van der Waals surface area contributed by atoms with Gasteiger partial charge in [0, 0.05) is 18.1 Å². The average molecular weight is 240 g/mol. The summed E-state index contributed by atoms with van der Waals surface area (Å²) < 4.78 is 0. The van der Waals surface area contributed by atoms with Crippen molar-refractivity contribution >= 4 is 10.9 Å². The van der Waals surface area contributed by atoms with E-state index in [9.17, 15) is 5.11 Å². The Morgan fingerprint density at radius 1 is 1.28 bits per heavy atom. The molecule has 90 valence electrons. The van der Waals surface area contributed by atoms with Crippen LogP contribution in [0.5, 0.6) is 5.75 Å². The number of nitrogens with two attached hydrogens (primary N) is 1. The molecule has 0 bridgehead atoms. The van der Waals surface area contributed by atoms with Gasteiger partial charge in [-0.25, -0.2) is 4.98 Å². The second-order valence-corrected chi connectivity index (χ2v) is 4.02. The number of rotatable bonds is 2. The Kier molecular flexibility index (Phi) is 2.46. The first-order valence-electron chi connectivity index (χ1n) is 5.60. The van der Waals surface area contributed by atoms with E-state index in [2.05, 4.69) is 15.0 Å². The third-order valence-corrected chi connectivity index (χ3v) is 2.80. The topological polar surface area (TPSA) is 87.8 Å². The summed E-state index contributed by atoms with van der Waals surface area (Å²) in [5, 5.41) is 10.7. The van der Waals surface area contributed by atoms with Gasteiger partial charge in [-0.3, -0.25) is 4.98 Å². The Bertz CT molecular complexity index is 705. The number of aromatic hydroxyl groups is 1. The maximum absolute atomic E-state index is 9.74. The fourth-order valence-electron chi connectivity index (χ4n) is 1.91. The van der Waals surface area contributed by atoms with Crippen LogP contribution in [-0.2, 0) is 6.54 Å². The number of nitrogens with zero attached hydrogens (tertiary/aromatic N) is 2. The molecule has 3 aromatic rings. The molecule has 0 atom stereocenters. The van der Waals surface area contributed by atoms with Crippen molar-refractivity contribution in [2.24, 2.45) is 5.73 Å². The van der Waals surface area contributed by atoms with Gasteiger partial charge < -0.3 is 15.8 Å². The molecule has 0 saturated heterocycles. The molecule has 4 N–H and O–H groups in total. The number of nitrogens with one attached hydrogen (secondary N) is 1. The molecule has 0 fully saturated rings. The highest BCUT2D eigenvalue weighted by Gasteiger charge is 2.07. The fourth-order valence-corrected chi connectivity index (χ4v) is 1.91. The molecular weight excluding hydrogens is 228 g/mol. The summed E-state index contributed by atoms with van der Waals surface area (Å²) >= 11 is 0. The lowest BCUT2D eigenvalue weighted by molar-refractivity contribution is 0.480. The highest BCUT2D eigenvalue weighted by atomic mass is 16.3. The van der Waals surface area contributed by atoms with Crippen LogP contribution < -0.4 is 5.73 Å². The van der Waals surface area contributed by atoms with E-state index in [1.807, 2.05) is 12.1 Å². The smallest absolute Gasteiger partial charge is 0.139 e. The van der Waals surface area contributed by atoms with E-state index in [1.165, 1.54) is 0 Å². The van der Waals surface area contributed by atoms with Crippen molar-refractivity contribution in [2.75, 3.05) is 0 Å². The lowest BCUT2D eigenvalue weighted by Gasteiger charge is -1.99. The number of phenols is 1. The number of aromatic nitrogens is 3. The number of phenolic OH excluding ortho intramolecular Hbond substituents is 1. The molecule has 2 heterocycles. The molecule has 5 nitrogen and oxygen atoms in total. The first-order chi connectivity index (χ1) is 8.78. The largest absolute Gasteiger partial charge is 0.506 e. The summed E-state index contributed by atoms with van der Waals surface area (Å²) in [7, 11) is 0. The Morgan fingerprint density at radius 2 is 2.17 bits per heavy atom. The summed E-state index contributed by atoms with van der Waals surface area (Å²) in [5.74, 6) is 0.224. The van der Waals surface area contributed by atoms with E-state index in [-0.39, 0.29) is 5.75 Å². The number of H-pyrrole nitrogens is 1. The highest BCUT2D eigenvalue weighted by molar-refractivity contribution is 5.89. The third kappa shape index (κ3) is 1.70. The maximum Gasteiger partial charge on any atom is 0.139 e. The van der Waals surface area contributed by atoms with Crippen molar-refractivity contribution in [3.63, 3.8) is 0 Å². The van der Waals surface area contributed by atoms with Gasteiger partial charge in [-0.1, -0.05) is 12.1 Å². The van der Waals surface area contributed by atoms with Crippen molar-refractivity contribution in [1.29, 1.82) is 0 Å². The number of aromatic amines is 1. The Hall–Kier alpha value is -2.40. The van der Waals surface area contributed by atoms with Gasteiger partial charge >= 0.3 is 0 Å². The summed E-state index contributed by atoms with van der Waals surface area (Å²) in [6.45, 7) is 0.353. The lowest BCUT2D eigenvalue weighted by Crippen LogP contribution is -2.01. The van der Waals surface area contributed by atoms with Gasteiger partial charge in [0.1, 0.15) is 11.4 Å². The Labute approximate surface area is 103 Å². The minimum Gasteiger partial charge on any atom is -0.506 e. The first kappa shape index (κ1) is 10.7. The maximum atomic E-state index is 9.74. The zero-order chi connectivity index (χ0) is 12.5. The van der Waals surface area contributed by atoms with Gasteiger partial charge in [-0.05, 0) is 12.1 Å². The summed E-state index contributed by atoms with van der Waals surface area (Å²) in [6, 6.07) is 7.30. The number of para-hydroxylation sites is 1. The molecule has 0 radical (unpaired) electrons. The van der Waals surface area contributed by atoms with Gasteiger partial charge in [0.25, 0.3) is 0 Å². The highest BCUT2D eigenvalue weighted by Crippen LogP contribution is 2.28. The number of benzene rings is 1. The normalized spacial score (nSPS) is 10.9. The van der Waals surface area contributed by atoms with E-state index >= 15 is 0 Å². The van der Waals surface area contributed by atoms with Crippen molar-refractivity contribution in [3.05, 3.63) is 42.4 Å². The van der Waals surface area contributed by atoms with Crippen LogP contribution in [0.3, 0.4) is 0 Å². The van der Waals surface area contributed by atoms with E-state index < -0.39 is 0 Å². The van der Waals surface area contributed by atoms with Crippen LogP contribution in [0, 0.1) is 0 Å². The predicted molar refractivity (Wildman–Crippen MR) is 68.9 cm³/mol. The van der Waals surface area contributed by atoms with Crippen molar-refractivity contribution in [3.8, 4) is 17.1 Å². The summed E-state index contributed by atoms with van der Waals surface area (Å²) in [4.78, 5) is 11.6. The minimum atomic E-state index is 0.224. The molecule has 0 amide bonds. The molecule has 3 rings (SSSR count). The molecule has 0 spiro atoms. The third-order valence-electron chi connectivity index (χ3n) is 2.80. The number of hydrogen-bond acceptors (Lipinski definition) is 4. The van der Waals surface area contributed by atoms with E-state index in [4.69, 9.17) is 5.73 Å². The molecule has 18 heavy (non-hydrogen) atoms. The van der Waals surface area contributed by atoms with Gasteiger partial charge in [0.2, 0.25) is 0 Å². The van der Waals surface area contributed by atoms with E-state index in [0.29, 0.717) is 17.8 Å².